The van der Waals surface area contributed by atoms with E-state index >= 15 is 0 Å². The first-order valence-corrected chi connectivity index (χ1v) is 8.47. The monoisotopic (exact) mass is 251 g/mol. The molecule has 1 saturated heterocycles. The molecule has 17 heavy (non-hydrogen) atoms. The Hall–Kier alpha value is -0.590. The molecule has 0 radical (unpaired) electrons. The van der Waals surface area contributed by atoms with Crippen LogP contribution < -0.4 is 5.30 Å². The molecule has 1 fully saturated rings. The molecule has 0 saturated carbocycles. The summed E-state index contributed by atoms with van der Waals surface area (Å²) in [6.07, 6.45) is 1.68. The Bertz CT molecular complexity index is 430. The third-order valence-electron chi connectivity index (χ3n) is 3.68. The van der Waals surface area contributed by atoms with E-state index in [1.807, 2.05) is 6.07 Å². The third kappa shape index (κ3) is 2.64. The number of hydrogen-bond donors (Lipinski definition) is 0. The highest BCUT2D eigenvalue weighted by Crippen LogP contribution is 2.47. The Labute approximate surface area is 104 Å². The van der Waals surface area contributed by atoms with Crippen LogP contribution in [0.2, 0.25) is 0 Å². The van der Waals surface area contributed by atoms with Gasteiger partial charge in [-0.2, -0.15) is 0 Å². The summed E-state index contributed by atoms with van der Waals surface area (Å²) in [5.74, 6) is 0.455. The molecule has 0 aromatic heterocycles. The van der Waals surface area contributed by atoms with Crippen LogP contribution >= 0.6 is 7.14 Å². The van der Waals surface area contributed by atoms with Gasteiger partial charge in [-0.1, -0.05) is 38.1 Å². The van der Waals surface area contributed by atoms with Crippen molar-refractivity contribution in [2.45, 2.75) is 19.8 Å². The maximum Gasteiger partial charge on any atom is 0.118 e. The van der Waals surface area contributed by atoms with E-state index in [1.54, 1.807) is 0 Å². The van der Waals surface area contributed by atoms with Crippen LogP contribution in [0.3, 0.4) is 0 Å². The fraction of sp³-hybridized carbons (Fsp3) is 0.571. The van der Waals surface area contributed by atoms with Crippen LogP contribution in [0.5, 0.6) is 0 Å². The average Bonchev–Trinajstić information content (AvgIpc) is 2.33. The van der Waals surface area contributed by atoms with E-state index in [4.69, 9.17) is 0 Å². The number of nitrogens with zero attached hydrogens (tertiary/aromatic N) is 1. The molecule has 1 aliphatic rings. The van der Waals surface area contributed by atoms with Crippen LogP contribution in [0.25, 0.3) is 0 Å². The second kappa shape index (κ2) is 4.96. The quantitative estimate of drug-likeness (QED) is 0.753. The van der Waals surface area contributed by atoms with Crippen molar-refractivity contribution in [2.24, 2.45) is 0 Å². The predicted octanol–water partition coefficient (Wildman–Crippen LogP) is 2.74. The molecule has 0 atom stereocenters. The van der Waals surface area contributed by atoms with E-state index in [2.05, 4.69) is 44.0 Å². The van der Waals surface area contributed by atoms with Gasteiger partial charge in [0.15, 0.2) is 0 Å². The van der Waals surface area contributed by atoms with Gasteiger partial charge in [-0.15, -0.1) is 0 Å². The molecule has 1 heterocycles. The molecule has 0 spiro atoms. The Morgan fingerprint density at radius 1 is 1.18 bits per heavy atom. The topological polar surface area (TPSA) is 20.3 Å². The van der Waals surface area contributed by atoms with Crippen molar-refractivity contribution in [2.75, 3.05) is 32.5 Å². The zero-order chi connectivity index (χ0) is 12.5. The Balaban J connectivity index is 2.36. The normalized spacial score (nSPS) is 20.7. The molecular formula is C14H22NOP. The maximum absolute atomic E-state index is 13.1. The molecule has 0 unspecified atom stereocenters. The van der Waals surface area contributed by atoms with Gasteiger partial charge in [-0.3, -0.25) is 0 Å². The Kier molecular flexibility index (Phi) is 3.75. The summed E-state index contributed by atoms with van der Waals surface area (Å²) in [5, 5.41) is 1.14. The van der Waals surface area contributed by atoms with Gasteiger partial charge in [0.1, 0.15) is 7.14 Å². The zero-order valence-corrected chi connectivity index (χ0v) is 11.9. The average molecular weight is 251 g/mol. The summed E-state index contributed by atoms with van der Waals surface area (Å²) in [6, 6.07) is 8.31. The van der Waals surface area contributed by atoms with E-state index in [-0.39, 0.29) is 0 Å². The van der Waals surface area contributed by atoms with Crippen molar-refractivity contribution < 1.29 is 4.57 Å². The summed E-state index contributed by atoms with van der Waals surface area (Å²) in [6.45, 7) is 6.29. The first kappa shape index (κ1) is 12.9. The van der Waals surface area contributed by atoms with Crippen LogP contribution in [0.1, 0.15) is 25.3 Å². The summed E-state index contributed by atoms with van der Waals surface area (Å²) in [7, 11) is -0.0273. The molecule has 0 bridgehead atoms. The molecule has 1 aromatic carbocycles. The summed E-state index contributed by atoms with van der Waals surface area (Å²) >= 11 is 0. The van der Waals surface area contributed by atoms with E-state index in [0.29, 0.717) is 5.92 Å². The second-order valence-electron chi connectivity index (χ2n) is 5.35. The van der Waals surface area contributed by atoms with Gasteiger partial charge in [0.2, 0.25) is 0 Å². The van der Waals surface area contributed by atoms with Crippen LogP contribution in [-0.4, -0.2) is 37.4 Å². The minimum Gasteiger partial charge on any atom is -0.319 e. The Morgan fingerprint density at radius 3 is 2.35 bits per heavy atom. The zero-order valence-electron chi connectivity index (χ0n) is 11.0. The van der Waals surface area contributed by atoms with Crippen molar-refractivity contribution >= 4 is 12.4 Å². The van der Waals surface area contributed by atoms with E-state index in [1.165, 1.54) is 5.56 Å². The highest BCUT2D eigenvalue weighted by atomic mass is 31.2. The van der Waals surface area contributed by atoms with Gasteiger partial charge >= 0.3 is 0 Å². The van der Waals surface area contributed by atoms with Crippen LogP contribution in [0.4, 0.5) is 0 Å². The second-order valence-corrected chi connectivity index (χ2v) is 8.51. The molecule has 0 N–H and O–H groups in total. The van der Waals surface area contributed by atoms with Gasteiger partial charge in [-0.05, 0) is 18.5 Å². The number of benzene rings is 1. The largest absolute Gasteiger partial charge is 0.319 e. The van der Waals surface area contributed by atoms with Crippen LogP contribution in [0, 0.1) is 0 Å². The van der Waals surface area contributed by atoms with E-state index in [9.17, 15) is 4.57 Å². The number of hydrogen-bond acceptors (Lipinski definition) is 2. The van der Waals surface area contributed by atoms with Gasteiger partial charge in [-0.25, -0.2) is 0 Å². The molecular weight excluding hydrogens is 229 g/mol. The Morgan fingerprint density at radius 2 is 1.76 bits per heavy atom. The standard InChI is InChI=1S/C14H22NOP/c1-12(2)13-6-4-5-7-14(13)17(16)10-8-15(3)9-11-17/h4-7,12H,8-11H2,1-3H3. The van der Waals surface area contributed by atoms with Crippen molar-refractivity contribution in [3.63, 3.8) is 0 Å². The molecule has 0 amide bonds. The molecule has 94 valence electrons. The lowest BCUT2D eigenvalue weighted by Gasteiger charge is -2.31. The van der Waals surface area contributed by atoms with Gasteiger partial charge < -0.3 is 9.46 Å². The maximum atomic E-state index is 13.1. The van der Waals surface area contributed by atoms with Crippen molar-refractivity contribution in [1.29, 1.82) is 0 Å². The molecule has 1 aliphatic heterocycles. The molecule has 2 nitrogen and oxygen atoms in total. The minimum atomic E-state index is -2.14. The summed E-state index contributed by atoms with van der Waals surface area (Å²) < 4.78 is 13.1. The smallest absolute Gasteiger partial charge is 0.118 e. The number of rotatable bonds is 2. The lowest BCUT2D eigenvalue weighted by atomic mass is 10.0. The van der Waals surface area contributed by atoms with Gasteiger partial charge in [0, 0.05) is 30.7 Å². The first-order chi connectivity index (χ1) is 8.03. The van der Waals surface area contributed by atoms with Gasteiger partial charge in [0.25, 0.3) is 0 Å². The molecule has 1 aromatic rings. The van der Waals surface area contributed by atoms with Crippen molar-refractivity contribution in [3.8, 4) is 0 Å². The summed E-state index contributed by atoms with van der Waals surface area (Å²) in [5.41, 5.74) is 1.28. The van der Waals surface area contributed by atoms with Crippen LogP contribution in [0.15, 0.2) is 24.3 Å². The molecule has 0 aliphatic carbocycles. The van der Waals surface area contributed by atoms with Crippen LogP contribution in [-0.2, 0) is 4.57 Å². The minimum absolute atomic E-state index is 0.455. The lowest BCUT2D eigenvalue weighted by molar-refractivity contribution is 0.361. The predicted molar refractivity (Wildman–Crippen MR) is 75.0 cm³/mol. The third-order valence-corrected chi connectivity index (χ3v) is 6.81. The highest BCUT2D eigenvalue weighted by Gasteiger charge is 2.31. The fourth-order valence-electron chi connectivity index (χ4n) is 2.48. The highest BCUT2D eigenvalue weighted by molar-refractivity contribution is 7.71. The SMILES string of the molecule is CC(C)c1ccccc1P1(=O)CCN(C)CC1. The van der Waals surface area contributed by atoms with Gasteiger partial charge in [0.05, 0.1) is 0 Å². The molecule has 2 rings (SSSR count). The van der Waals surface area contributed by atoms with Crippen molar-refractivity contribution in [1.82, 2.24) is 4.90 Å². The van der Waals surface area contributed by atoms with Crippen molar-refractivity contribution in [3.05, 3.63) is 29.8 Å². The van der Waals surface area contributed by atoms with E-state index in [0.717, 1.165) is 30.7 Å². The fourth-order valence-corrected chi connectivity index (χ4v) is 5.67. The van der Waals surface area contributed by atoms with E-state index < -0.39 is 7.14 Å². The first-order valence-electron chi connectivity index (χ1n) is 6.39. The lowest BCUT2D eigenvalue weighted by Crippen LogP contribution is -2.34. The summed E-state index contributed by atoms with van der Waals surface area (Å²) in [4.78, 5) is 2.27. The molecule has 3 heteroatoms.